The summed E-state index contributed by atoms with van der Waals surface area (Å²) in [5.74, 6) is 0.967. The van der Waals surface area contributed by atoms with Crippen LogP contribution in [0.1, 0.15) is 12.0 Å². The number of pyridine rings is 1. The van der Waals surface area contributed by atoms with Gasteiger partial charge in [0.15, 0.2) is 0 Å². The minimum atomic E-state index is 0.724. The number of nitrogens with zero attached hydrogens (tertiary/aromatic N) is 3. The highest BCUT2D eigenvalue weighted by Gasteiger charge is 2.16. The van der Waals surface area contributed by atoms with E-state index in [0.29, 0.717) is 0 Å². The summed E-state index contributed by atoms with van der Waals surface area (Å²) >= 11 is 0. The topological polar surface area (TPSA) is 30.3 Å². The molecule has 0 spiro atoms. The molecule has 0 aliphatic carbocycles. The van der Waals surface area contributed by atoms with Gasteiger partial charge in [-0.05, 0) is 62.7 Å². The summed E-state index contributed by atoms with van der Waals surface area (Å²) in [6, 6.07) is 10.7. The quantitative estimate of drug-likeness (QED) is 0.497. The van der Waals surface area contributed by atoms with Crippen LogP contribution in [-0.4, -0.2) is 41.7 Å². The minimum Gasteiger partial charge on any atom is -0.493 e. The first-order valence-electron chi connectivity index (χ1n) is 9.10. The molecule has 0 radical (unpaired) electrons. The molecule has 4 heteroatoms. The maximum Gasteiger partial charge on any atom is 0.129 e. The molecule has 0 amide bonds. The molecule has 0 fully saturated rings. The van der Waals surface area contributed by atoms with E-state index < -0.39 is 0 Å². The second-order valence-electron chi connectivity index (χ2n) is 7.21. The predicted octanol–water partition coefficient (Wildman–Crippen LogP) is 4.52. The number of rotatable bonds is 5. The minimum absolute atomic E-state index is 0.724. The van der Waals surface area contributed by atoms with E-state index in [2.05, 4.69) is 72.8 Å². The van der Waals surface area contributed by atoms with Crippen LogP contribution in [0, 0.1) is 6.92 Å². The van der Waals surface area contributed by atoms with E-state index in [-0.39, 0.29) is 0 Å². The van der Waals surface area contributed by atoms with Gasteiger partial charge in [0, 0.05) is 42.1 Å². The highest BCUT2D eigenvalue weighted by atomic mass is 16.5. The van der Waals surface area contributed by atoms with E-state index in [0.717, 1.165) is 25.3 Å². The van der Waals surface area contributed by atoms with Gasteiger partial charge in [-0.15, -0.1) is 0 Å². The van der Waals surface area contributed by atoms with Gasteiger partial charge in [-0.25, -0.2) is 0 Å². The van der Waals surface area contributed by atoms with Crippen LogP contribution in [0.5, 0.6) is 5.75 Å². The summed E-state index contributed by atoms with van der Waals surface area (Å²) in [6.45, 7) is 3.95. The van der Waals surface area contributed by atoms with Crippen molar-refractivity contribution >= 4 is 32.6 Å². The van der Waals surface area contributed by atoms with Gasteiger partial charge in [-0.1, -0.05) is 6.07 Å². The predicted molar refractivity (Wildman–Crippen MR) is 109 cm³/mol. The van der Waals surface area contributed by atoms with E-state index in [4.69, 9.17) is 4.74 Å². The molecule has 134 valence electrons. The third kappa shape index (κ3) is 2.71. The van der Waals surface area contributed by atoms with Gasteiger partial charge in [0.2, 0.25) is 0 Å². The van der Waals surface area contributed by atoms with Gasteiger partial charge in [0.1, 0.15) is 5.75 Å². The molecule has 0 aliphatic heterocycles. The molecule has 4 aromatic rings. The van der Waals surface area contributed by atoms with Crippen LogP contribution in [0.15, 0.2) is 42.7 Å². The monoisotopic (exact) mass is 347 g/mol. The second kappa shape index (κ2) is 6.61. The lowest BCUT2D eigenvalue weighted by Gasteiger charge is -2.11. The van der Waals surface area contributed by atoms with Crippen molar-refractivity contribution in [3.05, 3.63) is 48.3 Å². The molecule has 0 N–H and O–H groups in total. The largest absolute Gasteiger partial charge is 0.493 e. The van der Waals surface area contributed by atoms with Crippen molar-refractivity contribution in [1.82, 2.24) is 14.5 Å². The summed E-state index contributed by atoms with van der Waals surface area (Å²) in [5.41, 5.74) is 3.76. The van der Waals surface area contributed by atoms with Crippen molar-refractivity contribution in [3.8, 4) is 5.75 Å². The molecule has 2 aromatic heterocycles. The number of hydrogen-bond acceptors (Lipinski definition) is 3. The average molecular weight is 347 g/mol. The third-order valence-electron chi connectivity index (χ3n) is 5.14. The van der Waals surface area contributed by atoms with Crippen molar-refractivity contribution in [3.63, 3.8) is 0 Å². The van der Waals surface area contributed by atoms with Crippen molar-refractivity contribution in [2.75, 3.05) is 27.2 Å². The Morgan fingerprint density at radius 2 is 2.00 bits per heavy atom. The van der Waals surface area contributed by atoms with Crippen molar-refractivity contribution < 1.29 is 4.74 Å². The van der Waals surface area contributed by atoms with Crippen LogP contribution >= 0.6 is 0 Å². The Morgan fingerprint density at radius 1 is 1.15 bits per heavy atom. The van der Waals surface area contributed by atoms with Gasteiger partial charge in [0.25, 0.3) is 0 Å². The number of aromatic nitrogens is 2. The lowest BCUT2D eigenvalue weighted by atomic mass is 10.0. The Balaban J connectivity index is 1.89. The maximum absolute atomic E-state index is 6.19. The van der Waals surface area contributed by atoms with Gasteiger partial charge in [-0.3, -0.25) is 4.98 Å². The van der Waals surface area contributed by atoms with Gasteiger partial charge < -0.3 is 14.2 Å². The highest BCUT2D eigenvalue weighted by molar-refractivity contribution is 6.16. The van der Waals surface area contributed by atoms with Gasteiger partial charge in [-0.2, -0.15) is 0 Å². The first kappa shape index (κ1) is 16.9. The van der Waals surface area contributed by atoms with Crippen LogP contribution in [-0.2, 0) is 7.05 Å². The van der Waals surface area contributed by atoms with Crippen LogP contribution in [0.3, 0.4) is 0 Å². The van der Waals surface area contributed by atoms with E-state index in [1.165, 1.54) is 38.1 Å². The lowest BCUT2D eigenvalue weighted by Crippen LogP contribution is -2.15. The van der Waals surface area contributed by atoms with E-state index >= 15 is 0 Å². The molecule has 4 rings (SSSR count). The SMILES string of the molecule is Cc1c2ccncc2cc2c3c(OCCCN(C)C)cccc3n(C)c12. The Hall–Kier alpha value is -2.59. The molecular weight excluding hydrogens is 322 g/mol. The van der Waals surface area contributed by atoms with Crippen molar-refractivity contribution in [2.45, 2.75) is 13.3 Å². The number of hydrogen-bond donors (Lipinski definition) is 0. The first-order chi connectivity index (χ1) is 12.6. The Labute approximate surface area is 154 Å². The zero-order valence-corrected chi connectivity index (χ0v) is 15.9. The zero-order valence-electron chi connectivity index (χ0n) is 15.9. The van der Waals surface area contributed by atoms with Gasteiger partial charge >= 0.3 is 0 Å². The number of aryl methyl sites for hydroxylation is 2. The first-order valence-corrected chi connectivity index (χ1v) is 9.10. The van der Waals surface area contributed by atoms with Gasteiger partial charge in [0.05, 0.1) is 17.6 Å². The number of fused-ring (bicyclic) bond motifs is 4. The Morgan fingerprint density at radius 3 is 2.81 bits per heavy atom. The second-order valence-corrected chi connectivity index (χ2v) is 7.21. The van der Waals surface area contributed by atoms with E-state index in [9.17, 15) is 0 Å². The molecule has 2 aromatic carbocycles. The summed E-state index contributed by atoms with van der Waals surface area (Å²) in [6.07, 6.45) is 4.82. The van der Waals surface area contributed by atoms with Crippen LogP contribution in [0.25, 0.3) is 32.6 Å². The molecule has 4 nitrogen and oxygen atoms in total. The summed E-state index contributed by atoms with van der Waals surface area (Å²) in [4.78, 5) is 6.49. The molecule has 0 unspecified atom stereocenters. The molecule has 0 saturated heterocycles. The fourth-order valence-corrected chi connectivity index (χ4v) is 3.91. The number of ether oxygens (including phenoxy) is 1. The molecular formula is C22H25N3O. The van der Waals surface area contributed by atoms with Crippen LogP contribution < -0.4 is 4.74 Å². The Bertz CT molecular complexity index is 1100. The smallest absolute Gasteiger partial charge is 0.129 e. The molecule has 0 atom stereocenters. The molecule has 26 heavy (non-hydrogen) atoms. The Kier molecular flexibility index (Phi) is 4.29. The van der Waals surface area contributed by atoms with Crippen molar-refractivity contribution in [1.29, 1.82) is 0 Å². The van der Waals surface area contributed by atoms with E-state index in [1.807, 2.05) is 12.4 Å². The fourth-order valence-electron chi connectivity index (χ4n) is 3.91. The van der Waals surface area contributed by atoms with E-state index in [1.54, 1.807) is 0 Å². The van der Waals surface area contributed by atoms with Crippen molar-refractivity contribution in [2.24, 2.45) is 7.05 Å². The summed E-state index contributed by atoms with van der Waals surface area (Å²) in [7, 11) is 6.32. The van der Waals surface area contributed by atoms with Crippen LogP contribution in [0.4, 0.5) is 0 Å². The fraction of sp³-hybridized carbons (Fsp3) is 0.318. The molecule has 0 aliphatic rings. The number of benzene rings is 2. The molecule has 2 heterocycles. The zero-order chi connectivity index (χ0) is 18.3. The normalized spacial score (nSPS) is 11.9. The lowest BCUT2D eigenvalue weighted by molar-refractivity contribution is 0.284. The standard InChI is InChI=1S/C22H25N3O/c1-15-17-9-10-23-14-16(17)13-18-21-19(25(4)22(15)18)7-5-8-20(21)26-12-6-11-24(2)3/h5,7-10,13-14H,6,11-12H2,1-4H3. The summed E-state index contributed by atoms with van der Waals surface area (Å²) < 4.78 is 8.47. The van der Waals surface area contributed by atoms with Crippen LogP contribution in [0.2, 0.25) is 0 Å². The summed E-state index contributed by atoms with van der Waals surface area (Å²) in [5, 5.41) is 4.87. The highest BCUT2D eigenvalue weighted by Crippen LogP contribution is 2.39. The maximum atomic E-state index is 6.19. The molecule has 0 saturated carbocycles. The third-order valence-corrected chi connectivity index (χ3v) is 5.14. The molecule has 0 bridgehead atoms. The average Bonchev–Trinajstić information content (AvgIpc) is 2.92.